The van der Waals surface area contributed by atoms with E-state index in [0.717, 1.165) is 13.1 Å². The highest BCUT2D eigenvalue weighted by molar-refractivity contribution is 7.89. The maximum atomic E-state index is 12.0. The molecule has 0 aliphatic carbocycles. The maximum absolute atomic E-state index is 12.0. The lowest BCUT2D eigenvalue weighted by atomic mass is 10.5. The van der Waals surface area contributed by atoms with Crippen molar-refractivity contribution in [1.29, 1.82) is 0 Å². The van der Waals surface area contributed by atoms with Crippen molar-refractivity contribution in [2.24, 2.45) is 0 Å². The number of likely N-dealkylation sites (N-methyl/N-ethyl adjacent to an activating group) is 1. The zero-order valence-electron chi connectivity index (χ0n) is 12.3. The molecule has 0 aromatic carbocycles. The summed E-state index contributed by atoms with van der Waals surface area (Å²) in [5.74, 6) is 0. The van der Waals surface area contributed by atoms with Crippen LogP contribution in [0.15, 0.2) is 17.3 Å². The Kier molecular flexibility index (Phi) is 7.14. The van der Waals surface area contributed by atoms with Gasteiger partial charge in [-0.15, -0.1) is 0 Å². The Bertz CT molecular complexity index is 485. The Morgan fingerprint density at radius 3 is 2.80 bits per heavy atom. The second-order valence-corrected chi connectivity index (χ2v) is 6.38. The zero-order valence-corrected chi connectivity index (χ0v) is 13.1. The third kappa shape index (κ3) is 6.00. The van der Waals surface area contributed by atoms with Gasteiger partial charge >= 0.3 is 0 Å². The van der Waals surface area contributed by atoms with Crippen LogP contribution in [-0.4, -0.2) is 50.5 Å². The molecule has 2 N–H and O–H groups in total. The first-order valence-electron chi connectivity index (χ1n) is 6.80. The van der Waals surface area contributed by atoms with E-state index < -0.39 is 10.0 Å². The number of rotatable bonds is 10. The second-order valence-electron chi connectivity index (χ2n) is 4.61. The molecule has 0 saturated heterocycles. The van der Waals surface area contributed by atoms with Crippen LogP contribution in [0, 0.1) is 0 Å². The number of hydrogen-bond acceptors (Lipinski definition) is 5. The number of sulfonamides is 1. The van der Waals surface area contributed by atoms with Crippen molar-refractivity contribution >= 4 is 10.0 Å². The predicted molar refractivity (Wildman–Crippen MR) is 77.0 cm³/mol. The fourth-order valence-electron chi connectivity index (χ4n) is 1.53. The average molecular weight is 304 g/mol. The normalized spacial score (nSPS) is 12.2. The molecular formula is C12H24N4O3S. The van der Waals surface area contributed by atoms with E-state index in [1.807, 2.05) is 20.8 Å². The van der Waals surface area contributed by atoms with E-state index in [1.165, 1.54) is 12.4 Å². The molecule has 0 amide bonds. The van der Waals surface area contributed by atoms with E-state index in [2.05, 4.69) is 15.1 Å². The number of nitrogens with one attached hydrogen (secondary N) is 2. The molecular weight excluding hydrogens is 280 g/mol. The summed E-state index contributed by atoms with van der Waals surface area (Å²) in [5.41, 5.74) is 0. The smallest absolute Gasteiger partial charge is 0.243 e. The Hall–Kier alpha value is -0.960. The molecule has 1 aromatic heterocycles. The van der Waals surface area contributed by atoms with Crippen molar-refractivity contribution < 1.29 is 13.2 Å². The summed E-state index contributed by atoms with van der Waals surface area (Å²) in [6.07, 6.45) is 2.98. The van der Waals surface area contributed by atoms with Crippen LogP contribution in [0.25, 0.3) is 0 Å². The summed E-state index contributed by atoms with van der Waals surface area (Å²) in [7, 11) is -3.50. The number of aromatic nitrogens is 2. The van der Waals surface area contributed by atoms with Gasteiger partial charge in [0.2, 0.25) is 10.0 Å². The molecule has 0 radical (unpaired) electrons. The quantitative estimate of drug-likeness (QED) is 0.603. The van der Waals surface area contributed by atoms with Crippen molar-refractivity contribution in [1.82, 2.24) is 19.8 Å². The second kappa shape index (κ2) is 8.35. The first-order valence-corrected chi connectivity index (χ1v) is 8.28. The van der Waals surface area contributed by atoms with E-state index in [1.54, 1.807) is 4.68 Å². The molecule has 0 fully saturated rings. The summed E-state index contributed by atoms with van der Waals surface area (Å²) >= 11 is 0. The van der Waals surface area contributed by atoms with Gasteiger partial charge in [0, 0.05) is 19.3 Å². The van der Waals surface area contributed by atoms with Crippen LogP contribution in [0.4, 0.5) is 0 Å². The minimum absolute atomic E-state index is 0.0910. The number of ether oxygens (including phenoxy) is 1. The van der Waals surface area contributed by atoms with E-state index in [-0.39, 0.29) is 17.5 Å². The Morgan fingerprint density at radius 2 is 2.15 bits per heavy atom. The summed E-state index contributed by atoms with van der Waals surface area (Å²) in [6, 6.07) is 0. The third-order valence-corrected chi connectivity index (χ3v) is 3.95. The summed E-state index contributed by atoms with van der Waals surface area (Å²) in [6.45, 7) is 8.71. The van der Waals surface area contributed by atoms with Crippen LogP contribution in [0.3, 0.4) is 0 Å². The molecule has 0 aliphatic rings. The van der Waals surface area contributed by atoms with Crippen molar-refractivity contribution in [2.75, 3.05) is 26.2 Å². The largest absolute Gasteiger partial charge is 0.377 e. The SMILES string of the molecule is CCNCCn1cc(S(=O)(=O)NCCOC(C)C)cn1. The maximum Gasteiger partial charge on any atom is 0.243 e. The first kappa shape index (κ1) is 17.1. The van der Waals surface area contributed by atoms with Crippen LogP contribution in [0.2, 0.25) is 0 Å². The summed E-state index contributed by atoms with van der Waals surface area (Å²) in [4.78, 5) is 0.179. The molecule has 7 nitrogen and oxygen atoms in total. The molecule has 0 saturated carbocycles. The lowest BCUT2D eigenvalue weighted by Gasteiger charge is -2.08. The van der Waals surface area contributed by atoms with Crippen LogP contribution in [0.1, 0.15) is 20.8 Å². The molecule has 0 atom stereocenters. The van der Waals surface area contributed by atoms with E-state index >= 15 is 0 Å². The molecule has 1 heterocycles. The average Bonchev–Trinajstić information content (AvgIpc) is 2.84. The fraction of sp³-hybridized carbons (Fsp3) is 0.750. The van der Waals surface area contributed by atoms with E-state index in [4.69, 9.17) is 4.74 Å². The van der Waals surface area contributed by atoms with Gasteiger partial charge in [-0.1, -0.05) is 6.92 Å². The van der Waals surface area contributed by atoms with Gasteiger partial charge in [-0.05, 0) is 20.4 Å². The van der Waals surface area contributed by atoms with E-state index in [9.17, 15) is 8.42 Å². The van der Waals surface area contributed by atoms with Gasteiger partial charge in [0.15, 0.2) is 0 Å². The molecule has 8 heteroatoms. The number of hydrogen-bond donors (Lipinski definition) is 2. The topological polar surface area (TPSA) is 85.2 Å². The van der Waals surface area contributed by atoms with Crippen LogP contribution < -0.4 is 10.0 Å². The van der Waals surface area contributed by atoms with Crippen LogP contribution in [0.5, 0.6) is 0 Å². The van der Waals surface area contributed by atoms with Gasteiger partial charge < -0.3 is 10.1 Å². The molecule has 0 unspecified atom stereocenters. The number of nitrogens with zero attached hydrogens (tertiary/aromatic N) is 2. The van der Waals surface area contributed by atoms with Gasteiger partial charge in [0.25, 0.3) is 0 Å². The molecule has 116 valence electrons. The molecule has 1 rings (SSSR count). The van der Waals surface area contributed by atoms with Gasteiger partial charge in [0.1, 0.15) is 4.90 Å². The van der Waals surface area contributed by atoms with Crippen LogP contribution >= 0.6 is 0 Å². The zero-order chi connectivity index (χ0) is 15.0. The van der Waals surface area contributed by atoms with Gasteiger partial charge in [0.05, 0.1) is 25.5 Å². The Morgan fingerprint density at radius 1 is 1.40 bits per heavy atom. The highest BCUT2D eigenvalue weighted by Gasteiger charge is 2.15. The fourth-order valence-corrected chi connectivity index (χ4v) is 2.50. The van der Waals surface area contributed by atoms with Crippen LogP contribution in [-0.2, 0) is 21.3 Å². The molecule has 0 aliphatic heterocycles. The van der Waals surface area contributed by atoms with Gasteiger partial charge in [-0.25, -0.2) is 13.1 Å². The minimum Gasteiger partial charge on any atom is -0.377 e. The Labute approximate surface area is 120 Å². The first-order chi connectivity index (χ1) is 9.45. The highest BCUT2D eigenvalue weighted by atomic mass is 32.2. The van der Waals surface area contributed by atoms with Crippen molar-refractivity contribution in [3.05, 3.63) is 12.4 Å². The van der Waals surface area contributed by atoms with Crippen molar-refractivity contribution in [3.8, 4) is 0 Å². The minimum atomic E-state index is -3.50. The highest BCUT2D eigenvalue weighted by Crippen LogP contribution is 2.06. The Balaban J connectivity index is 2.46. The summed E-state index contributed by atoms with van der Waals surface area (Å²) in [5, 5.41) is 7.19. The molecule has 0 bridgehead atoms. The molecule has 1 aromatic rings. The standard InChI is InChI=1S/C12H24N4O3S/c1-4-13-5-7-16-10-12(9-14-16)20(17,18)15-6-8-19-11(2)3/h9-11,13,15H,4-8H2,1-3H3. The predicted octanol–water partition coefficient (Wildman–Crippen LogP) is 0.196. The molecule has 0 spiro atoms. The monoisotopic (exact) mass is 304 g/mol. The lowest BCUT2D eigenvalue weighted by molar-refractivity contribution is 0.0834. The van der Waals surface area contributed by atoms with Crippen molar-refractivity contribution in [3.63, 3.8) is 0 Å². The van der Waals surface area contributed by atoms with E-state index in [0.29, 0.717) is 13.2 Å². The van der Waals surface area contributed by atoms with Gasteiger partial charge in [-0.2, -0.15) is 5.10 Å². The molecule has 20 heavy (non-hydrogen) atoms. The van der Waals surface area contributed by atoms with Crippen molar-refractivity contribution in [2.45, 2.75) is 38.3 Å². The third-order valence-electron chi connectivity index (χ3n) is 2.53. The lowest BCUT2D eigenvalue weighted by Crippen LogP contribution is -2.28. The summed E-state index contributed by atoms with van der Waals surface area (Å²) < 4.78 is 33.4. The van der Waals surface area contributed by atoms with Gasteiger partial charge in [-0.3, -0.25) is 4.68 Å².